The van der Waals surface area contributed by atoms with Crippen LogP contribution in [-0.2, 0) is 0 Å². The second-order valence-electron chi connectivity index (χ2n) is 6.41. The molecule has 0 fully saturated rings. The molecule has 0 saturated carbocycles. The predicted molar refractivity (Wildman–Crippen MR) is 128 cm³/mol. The highest BCUT2D eigenvalue weighted by atomic mass is 127. The van der Waals surface area contributed by atoms with E-state index in [1.54, 1.807) is 36.4 Å². The van der Waals surface area contributed by atoms with Gasteiger partial charge in [0.05, 0.1) is 0 Å². The third kappa shape index (κ3) is 5.83. The van der Waals surface area contributed by atoms with Crippen LogP contribution in [-0.4, -0.2) is 16.9 Å². The Kier molecular flexibility index (Phi) is 7.11. The van der Waals surface area contributed by atoms with Crippen molar-refractivity contribution in [3.8, 4) is 0 Å². The number of anilines is 2. The van der Waals surface area contributed by atoms with E-state index in [1.807, 2.05) is 13.0 Å². The smallest absolute Gasteiger partial charge is 0.257 e. The molecule has 0 unspecified atom stereocenters. The first-order valence-electron chi connectivity index (χ1n) is 8.87. The summed E-state index contributed by atoms with van der Waals surface area (Å²) in [4.78, 5) is 24.8. The van der Waals surface area contributed by atoms with Crippen molar-refractivity contribution >= 4 is 63.1 Å². The second-order valence-corrected chi connectivity index (χ2v) is 7.98. The van der Waals surface area contributed by atoms with Crippen molar-refractivity contribution in [2.75, 3.05) is 10.6 Å². The number of amides is 2. The van der Waals surface area contributed by atoms with Gasteiger partial charge in [-0.3, -0.25) is 14.9 Å². The maximum Gasteiger partial charge on any atom is 0.257 e. The standard InChI is InChI=1S/C22H17FIN3O2S/c1-13-5-6-15(12-19(13)24)21(29)27-22(30)26-18-4-2-3-14(11-18)20(28)25-17-9-7-16(23)8-10-17/h2-12H,1H3,(H,25,28)(H2,26,27,29,30). The third-order valence-electron chi connectivity index (χ3n) is 4.15. The molecule has 3 aromatic carbocycles. The van der Waals surface area contributed by atoms with Crippen LogP contribution in [0.5, 0.6) is 0 Å². The van der Waals surface area contributed by atoms with Gasteiger partial charge >= 0.3 is 0 Å². The number of carbonyl (C=O) groups is 2. The molecule has 3 rings (SSSR count). The fourth-order valence-corrected chi connectivity index (χ4v) is 3.27. The summed E-state index contributed by atoms with van der Waals surface area (Å²) in [6.45, 7) is 1.97. The summed E-state index contributed by atoms with van der Waals surface area (Å²) in [5, 5.41) is 8.34. The average Bonchev–Trinajstić information content (AvgIpc) is 2.71. The molecule has 30 heavy (non-hydrogen) atoms. The van der Waals surface area contributed by atoms with Crippen LogP contribution in [0.1, 0.15) is 26.3 Å². The maximum atomic E-state index is 13.0. The Bertz CT molecular complexity index is 1120. The van der Waals surface area contributed by atoms with Crippen LogP contribution in [0.25, 0.3) is 0 Å². The summed E-state index contributed by atoms with van der Waals surface area (Å²) in [7, 11) is 0. The van der Waals surface area contributed by atoms with Crippen molar-refractivity contribution < 1.29 is 14.0 Å². The van der Waals surface area contributed by atoms with E-state index < -0.39 is 0 Å². The van der Waals surface area contributed by atoms with Gasteiger partial charge in [-0.1, -0.05) is 12.1 Å². The summed E-state index contributed by atoms with van der Waals surface area (Å²) in [6.07, 6.45) is 0. The van der Waals surface area contributed by atoms with Gasteiger partial charge in [-0.25, -0.2) is 4.39 Å². The fourth-order valence-electron chi connectivity index (χ4n) is 2.55. The number of aryl methyl sites for hydroxylation is 1. The Morgan fingerprint density at radius 1 is 0.867 bits per heavy atom. The molecule has 0 aliphatic heterocycles. The maximum absolute atomic E-state index is 13.0. The van der Waals surface area contributed by atoms with E-state index in [0.29, 0.717) is 22.5 Å². The van der Waals surface area contributed by atoms with E-state index in [4.69, 9.17) is 12.2 Å². The first-order valence-corrected chi connectivity index (χ1v) is 10.4. The number of carbonyl (C=O) groups excluding carboxylic acids is 2. The van der Waals surface area contributed by atoms with Crippen LogP contribution in [0.3, 0.4) is 0 Å². The summed E-state index contributed by atoms with van der Waals surface area (Å²) < 4.78 is 14.0. The molecule has 0 spiro atoms. The highest BCUT2D eigenvalue weighted by Gasteiger charge is 2.11. The van der Waals surface area contributed by atoms with Crippen LogP contribution in [0.4, 0.5) is 15.8 Å². The third-order valence-corrected chi connectivity index (χ3v) is 5.51. The van der Waals surface area contributed by atoms with Gasteiger partial charge in [0.25, 0.3) is 11.8 Å². The van der Waals surface area contributed by atoms with Crippen molar-refractivity contribution in [1.29, 1.82) is 0 Å². The SMILES string of the molecule is Cc1ccc(C(=O)NC(=S)Nc2cccc(C(=O)Nc3ccc(F)cc3)c2)cc1I. The van der Waals surface area contributed by atoms with Crippen molar-refractivity contribution in [3.63, 3.8) is 0 Å². The van der Waals surface area contributed by atoms with E-state index in [1.165, 1.54) is 24.3 Å². The van der Waals surface area contributed by atoms with Gasteiger partial charge in [-0.05, 0) is 102 Å². The minimum atomic E-state index is -0.380. The lowest BCUT2D eigenvalue weighted by Crippen LogP contribution is -2.34. The van der Waals surface area contributed by atoms with E-state index in [2.05, 4.69) is 38.5 Å². The Morgan fingerprint density at radius 2 is 1.57 bits per heavy atom. The van der Waals surface area contributed by atoms with Gasteiger partial charge in [0.2, 0.25) is 0 Å². The van der Waals surface area contributed by atoms with Gasteiger partial charge < -0.3 is 10.6 Å². The predicted octanol–water partition coefficient (Wildman–Crippen LogP) is 5.12. The Morgan fingerprint density at radius 3 is 2.27 bits per heavy atom. The fraction of sp³-hybridized carbons (Fsp3) is 0.0455. The normalized spacial score (nSPS) is 10.2. The Hall–Kier alpha value is -2.85. The molecule has 2 amide bonds. The average molecular weight is 533 g/mol. The second kappa shape index (κ2) is 9.77. The molecule has 0 heterocycles. The number of hydrogen-bond acceptors (Lipinski definition) is 3. The van der Waals surface area contributed by atoms with E-state index in [-0.39, 0.29) is 22.7 Å². The van der Waals surface area contributed by atoms with E-state index >= 15 is 0 Å². The first kappa shape index (κ1) is 21.8. The Labute approximate surface area is 192 Å². The number of hydrogen-bond donors (Lipinski definition) is 3. The monoisotopic (exact) mass is 533 g/mol. The highest BCUT2D eigenvalue weighted by molar-refractivity contribution is 14.1. The number of nitrogens with one attached hydrogen (secondary N) is 3. The quantitative estimate of drug-likeness (QED) is 0.322. The van der Waals surface area contributed by atoms with Crippen LogP contribution in [0, 0.1) is 16.3 Å². The molecular formula is C22H17FIN3O2S. The molecule has 0 atom stereocenters. The van der Waals surface area contributed by atoms with Crippen molar-refractivity contribution in [3.05, 3.63) is 92.8 Å². The van der Waals surface area contributed by atoms with Crippen LogP contribution >= 0.6 is 34.8 Å². The molecule has 0 radical (unpaired) electrons. The number of rotatable bonds is 4. The molecule has 0 aliphatic rings. The highest BCUT2D eigenvalue weighted by Crippen LogP contribution is 2.15. The lowest BCUT2D eigenvalue weighted by Gasteiger charge is -2.11. The molecule has 0 aliphatic carbocycles. The largest absolute Gasteiger partial charge is 0.332 e. The van der Waals surface area contributed by atoms with Crippen LogP contribution in [0.15, 0.2) is 66.7 Å². The number of thiocarbonyl (C=S) groups is 1. The zero-order chi connectivity index (χ0) is 21.7. The minimum Gasteiger partial charge on any atom is -0.332 e. The molecule has 0 bridgehead atoms. The van der Waals surface area contributed by atoms with Gasteiger partial charge in [0.1, 0.15) is 5.82 Å². The van der Waals surface area contributed by atoms with Gasteiger partial charge in [0, 0.05) is 26.1 Å². The summed E-state index contributed by atoms with van der Waals surface area (Å²) in [5.41, 5.74) is 3.00. The lowest BCUT2D eigenvalue weighted by molar-refractivity contribution is 0.0976. The van der Waals surface area contributed by atoms with Crippen molar-refractivity contribution in [2.45, 2.75) is 6.92 Å². The molecule has 3 N–H and O–H groups in total. The molecule has 8 heteroatoms. The van der Waals surface area contributed by atoms with Crippen molar-refractivity contribution in [1.82, 2.24) is 5.32 Å². The van der Waals surface area contributed by atoms with E-state index in [0.717, 1.165) is 9.13 Å². The lowest BCUT2D eigenvalue weighted by atomic mass is 10.1. The van der Waals surface area contributed by atoms with Crippen LogP contribution < -0.4 is 16.0 Å². The molecule has 152 valence electrons. The number of halogens is 2. The summed E-state index contributed by atoms with van der Waals surface area (Å²) in [5.74, 6) is -1.06. The molecule has 3 aromatic rings. The van der Waals surface area contributed by atoms with Gasteiger partial charge in [-0.2, -0.15) is 0 Å². The molecule has 0 aromatic heterocycles. The Balaban J connectivity index is 1.63. The zero-order valence-electron chi connectivity index (χ0n) is 15.8. The molecule has 0 saturated heterocycles. The topological polar surface area (TPSA) is 70.2 Å². The first-order chi connectivity index (χ1) is 14.3. The van der Waals surface area contributed by atoms with E-state index in [9.17, 15) is 14.0 Å². The molecular weight excluding hydrogens is 516 g/mol. The zero-order valence-corrected chi connectivity index (χ0v) is 18.8. The van der Waals surface area contributed by atoms with Gasteiger partial charge in [-0.15, -0.1) is 0 Å². The minimum absolute atomic E-state index is 0.117. The molecule has 5 nitrogen and oxygen atoms in total. The number of benzene rings is 3. The summed E-state index contributed by atoms with van der Waals surface area (Å²) in [6, 6.07) is 17.5. The van der Waals surface area contributed by atoms with Crippen molar-refractivity contribution in [2.24, 2.45) is 0 Å². The van der Waals surface area contributed by atoms with Crippen LogP contribution in [0.2, 0.25) is 0 Å². The van der Waals surface area contributed by atoms with Gasteiger partial charge in [0.15, 0.2) is 5.11 Å². The summed E-state index contributed by atoms with van der Waals surface area (Å²) >= 11 is 7.39.